The van der Waals surface area contributed by atoms with Crippen molar-refractivity contribution in [2.45, 2.75) is 32.2 Å². The van der Waals surface area contributed by atoms with E-state index in [1.54, 1.807) is 30.0 Å². The average molecular weight is 425 g/mol. The topological polar surface area (TPSA) is 61.9 Å². The summed E-state index contributed by atoms with van der Waals surface area (Å²) in [7, 11) is 1.54. The van der Waals surface area contributed by atoms with Crippen LogP contribution in [0.15, 0.2) is 52.2 Å². The molecule has 1 aliphatic rings. The Morgan fingerprint density at radius 2 is 2.00 bits per heavy atom. The van der Waals surface area contributed by atoms with Crippen molar-refractivity contribution in [1.29, 1.82) is 0 Å². The first-order chi connectivity index (χ1) is 14.9. The van der Waals surface area contributed by atoms with E-state index in [-0.39, 0.29) is 11.1 Å². The Morgan fingerprint density at radius 1 is 1.23 bits per heavy atom. The molecule has 0 fully saturated rings. The number of aromatic amines is 1. The minimum Gasteiger partial charge on any atom is -0.496 e. The molecular formula is C23H21F2N3O3+2. The Bertz CT molecular complexity index is 1450. The third kappa shape index (κ3) is 2.50. The van der Waals surface area contributed by atoms with Gasteiger partial charge in [0.1, 0.15) is 29.2 Å². The molecule has 6 nitrogen and oxygen atoms in total. The molecule has 158 valence electrons. The predicted octanol–water partition coefficient (Wildman–Crippen LogP) is 2.39. The molecule has 0 bridgehead atoms. The minimum atomic E-state index is -0.712. The Balaban J connectivity index is 2.07. The fourth-order valence-electron chi connectivity index (χ4n) is 4.85. The van der Waals surface area contributed by atoms with E-state index in [4.69, 9.17) is 9.15 Å². The number of methoxy groups -OCH3 is 1. The lowest BCUT2D eigenvalue weighted by atomic mass is 9.75. The highest BCUT2D eigenvalue weighted by Gasteiger charge is 2.51. The molecular weight excluding hydrogens is 404 g/mol. The van der Waals surface area contributed by atoms with Crippen LogP contribution in [0.1, 0.15) is 32.3 Å². The van der Waals surface area contributed by atoms with E-state index in [1.165, 1.54) is 12.3 Å². The van der Waals surface area contributed by atoms with Gasteiger partial charge >= 0.3 is 11.2 Å². The second kappa shape index (κ2) is 6.73. The van der Waals surface area contributed by atoms with Crippen molar-refractivity contribution in [2.24, 2.45) is 0 Å². The van der Waals surface area contributed by atoms with Crippen LogP contribution >= 0.6 is 0 Å². The standard InChI is InChI=1S/C23H20F2N3O3/c1-4-23(5-2)20(21-27-12-26-11-18(27)22(29)31-21)15-8-13(24)9-16(25)19(15)17-10-14(30-3)6-7-28(17)23/h6-12H,4-5H2,1-3H3/q+1/p+1. The highest BCUT2D eigenvalue weighted by Crippen LogP contribution is 2.44. The van der Waals surface area contributed by atoms with Crippen molar-refractivity contribution in [3.05, 3.63) is 76.2 Å². The molecule has 0 saturated heterocycles. The quantitative estimate of drug-likeness (QED) is 0.474. The summed E-state index contributed by atoms with van der Waals surface area (Å²) < 4.78 is 44.3. The summed E-state index contributed by atoms with van der Waals surface area (Å²) in [6.07, 6.45) is 6.18. The van der Waals surface area contributed by atoms with E-state index in [9.17, 15) is 9.18 Å². The largest absolute Gasteiger partial charge is 0.496 e. The first-order valence-electron chi connectivity index (χ1n) is 10.1. The average Bonchev–Trinajstić information content (AvgIpc) is 3.36. The van der Waals surface area contributed by atoms with E-state index >= 15 is 4.39 Å². The molecule has 0 unspecified atom stereocenters. The highest BCUT2D eigenvalue weighted by atomic mass is 19.1. The number of aromatic nitrogens is 3. The Morgan fingerprint density at radius 3 is 2.71 bits per heavy atom. The van der Waals surface area contributed by atoms with Crippen molar-refractivity contribution in [3.8, 4) is 17.0 Å². The molecule has 5 rings (SSSR count). The van der Waals surface area contributed by atoms with Crippen molar-refractivity contribution < 1.29 is 27.5 Å². The van der Waals surface area contributed by atoms with Gasteiger partial charge < -0.3 is 9.15 Å². The number of imidazole rings is 1. The van der Waals surface area contributed by atoms with Gasteiger partial charge in [0.15, 0.2) is 6.20 Å². The SMILES string of the molecule is CCC1(CC)C(=c2oc(=O)c3c[nH+]cn23)c2cc(F)cc(F)c2-c2cc(OC)cc[n+]21. The lowest BCUT2D eigenvalue weighted by Crippen LogP contribution is -2.61. The number of fused-ring (bicyclic) bond motifs is 4. The van der Waals surface area contributed by atoms with Crippen LogP contribution < -0.4 is 25.5 Å². The number of nitrogens with zero attached hydrogens (tertiary/aromatic N) is 2. The van der Waals surface area contributed by atoms with Crippen molar-refractivity contribution in [1.82, 2.24) is 4.40 Å². The second-order valence-corrected chi connectivity index (χ2v) is 7.64. The lowest BCUT2D eigenvalue weighted by Gasteiger charge is -2.34. The van der Waals surface area contributed by atoms with Crippen LogP contribution in [0.2, 0.25) is 0 Å². The predicted molar refractivity (Wildman–Crippen MR) is 107 cm³/mol. The summed E-state index contributed by atoms with van der Waals surface area (Å²) in [5.41, 5.74) is 1.08. The molecule has 0 radical (unpaired) electrons. The number of hydrogen-bond donors (Lipinski definition) is 0. The molecule has 0 aliphatic carbocycles. The maximum Gasteiger partial charge on any atom is 0.391 e. The Kier molecular flexibility index (Phi) is 4.22. The fourth-order valence-corrected chi connectivity index (χ4v) is 4.85. The molecule has 1 aliphatic heterocycles. The number of halogens is 2. The highest BCUT2D eigenvalue weighted by molar-refractivity contribution is 5.83. The molecule has 0 spiro atoms. The molecule has 0 amide bonds. The zero-order chi connectivity index (χ0) is 21.9. The number of rotatable bonds is 3. The summed E-state index contributed by atoms with van der Waals surface area (Å²) in [5.74, 6) is -0.831. The van der Waals surface area contributed by atoms with Gasteiger partial charge in [-0.1, -0.05) is 13.8 Å². The van der Waals surface area contributed by atoms with Crippen LogP contribution in [-0.4, -0.2) is 11.5 Å². The summed E-state index contributed by atoms with van der Waals surface area (Å²) in [6, 6.07) is 5.72. The van der Waals surface area contributed by atoms with E-state index in [2.05, 4.69) is 4.98 Å². The van der Waals surface area contributed by atoms with Crippen molar-refractivity contribution in [3.63, 3.8) is 0 Å². The number of benzene rings is 1. The van der Waals surface area contributed by atoms with Gasteiger partial charge in [-0.3, -0.25) is 0 Å². The van der Waals surface area contributed by atoms with Gasteiger partial charge in [0.25, 0.3) is 5.52 Å². The monoisotopic (exact) mass is 425 g/mol. The first kappa shape index (κ1) is 19.4. The molecule has 8 heteroatoms. The van der Waals surface area contributed by atoms with E-state index in [1.807, 2.05) is 24.6 Å². The number of H-pyrrole nitrogens is 1. The number of oxazole rings is 1. The fraction of sp³-hybridized carbons (Fsp3) is 0.261. The van der Waals surface area contributed by atoms with Crippen molar-refractivity contribution in [2.75, 3.05) is 7.11 Å². The van der Waals surface area contributed by atoms with Crippen LogP contribution in [0.25, 0.3) is 22.3 Å². The molecule has 0 atom stereocenters. The zero-order valence-corrected chi connectivity index (χ0v) is 17.3. The number of pyridine rings is 1. The van der Waals surface area contributed by atoms with Crippen LogP contribution in [0.4, 0.5) is 8.78 Å². The van der Waals surface area contributed by atoms with Gasteiger partial charge in [-0.25, -0.2) is 18.6 Å². The molecule has 31 heavy (non-hydrogen) atoms. The third-order valence-corrected chi connectivity index (χ3v) is 6.35. The van der Waals surface area contributed by atoms with Gasteiger partial charge in [0, 0.05) is 30.5 Å². The molecule has 3 aromatic heterocycles. The van der Waals surface area contributed by atoms with Crippen molar-refractivity contribution >= 4 is 11.1 Å². The molecule has 4 aromatic rings. The van der Waals surface area contributed by atoms with Crippen LogP contribution in [0, 0.1) is 11.6 Å². The van der Waals surface area contributed by atoms with Gasteiger partial charge in [-0.15, -0.1) is 0 Å². The maximum absolute atomic E-state index is 15.2. The number of hydrogen-bond acceptors (Lipinski definition) is 3. The normalized spacial score (nSPS) is 16.3. The third-order valence-electron chi connectivity index (χ3n) is 6.35. The second-order valence-electron chi connectivity index (χ2n) is 7.64. The van der Waals surface area contributed by atoms with Crippen LogP contribution in [0.3, 0.4) is 0 Å². The summed E-state index contributed by atoms with van der Waals surface area (Å²) >= 11 is 0. The molecule has 0 saturated carbocycles. The first-order valence-corrected chi connectivity index (χ1v) is 10.1. The number of nitrogens with one attached hydrogen (secondary N) is 1. The number of ether oxygens (including phenoxy) is 1. The van der Waals surface area contributed by atoms with Crippen LogP contribution in [0.5, 0.6) is 5.75 Å². The summed E-state index contributed by atoms with van der Waals surface area (Å²) in [6.45, 7) is 4.01. The molecule has 4 heterocycles. The Hall–Kier alpha value is -3.55. The minimum absolute atomic E-state index is 0.237. The zero-order valence-electron chi connectivity index (χ0n) is 17.3. The van der Waals surface area contributed by atoms with Gasteiger partial charge in [0.2, 0.25) is 17.6 Å². The van der Waals surface area contributed by atoms with Gasteiger partial charge in [-0.2, -0.15) is 8.97 Å². The van der Waals surface area contributed by atoms with E-state index in [0.29, 0.717) is 40.9 Å². The van der Waals surface area contributed by atoms with Gasteiger partial charge in [-0.05, 0) is 6.07 Å². The maximum atomic E-state index is 15.2. The molecule has 1 N–H and O–H groups in total. The Labute approximate surface area is 176 Å². The van der Waals surface area contributed by atoms with Gasteiger partial charge in [0.05, 0.1) is 18.7 Å². The molecule has 1 aromatic carbocycles. The van der Waals surface area contributed by atoms with E-state index < -0.39 is 22.8 Å². The summed E-state index contributed by atoms with van der Waals surface area (Å²) in [5, 5.41) is 0. The summed E-state index contributed by atoms with van der Waals surface area (Å²) in [4.78, 5) is 15.4. The van der Waals surface area contributed by atoms with E-state index in [0.717, 1.165) is 6.07 Å². The van der Waals surface area contributed by atoms with Crippen LogP contribution in [-0.2, 0) is 5.54 Å². The smallest absolute Gasteiger partial charge is 0.391 e. The lowest BCUT2D eigenvalue weighted by molar-refractivity contribution is -0.741.